The monoisotopic (exact) mass is 365 g/mol. The summed E-state index contributed by atoms with van der Waals surface area (Å²) in [4.78, 5) is 18.1. The van der Waals surface area contributed by atoms with E-state index in [1.807, 2.05) is 25.1 Å². The number of amides is 1. The van der Waals surface area contributed by atoms with Crippen molar-refractivity contribution in [3.05, 3.63) is 40.9 Å². The van der Waals surface area contributed by atoms with Crippen LogP contribution in [0.25, 0.3) is 10.6 Å². The zero-order valence-electron chi connectivity index (χ0n) is 13.8. The molecule has 2 unspecified atom stereocenters. The van der Waals surface area contributed by atoms with Crippen molar-refractivity contribution in [2.24, 2.45) is 11.7 Å². The van der Waals surface area contributed by atoms with Crippen molar-refractivity contribution in [2.75, 3.05) is 0 Å². The Morgan fingerprint density at radius 2 is 2.08 bits per heavy atom. The van der Waals surface area contributed by atoms with Crippen LogP contribution >= 0.6 is 23.7 Å². The number of nitrogens with two attached hydrogens (primary N) is 1. The van der Waals surface area contributed by atoms with Crippen LogP contribution in [0, 0.1) is 12.8 Å². The molecule has 2 atom stereocenters. The minimum Gasteiger partial charge on any atom is -0.351 e. The molecule has 0 aliphatic heterocycles. The molecule has 0 bridgehead atoms. The molecule has 4 nitrogen and oxygen atoms in total. The van der Waals surface area contributed by atoms with Gasteiger partial charge in [0, 0.05) is 22.4 Å². The van der Waals surface area contributed by atoms with Crippen LogP contribution in [0.1, 0.15) is 36.3 Å². The summed E-state index contributed by atoms with van der Waals surface area (Å²) in [7, 11) is 0. The van der Waals surface area contributed by atoms with E-state index in [0.29, 0.717) is 6.54 Å². The fourth-order valence-corrected chi connectivity index (χ4v) is 4.08. The smallest absolute Gasteiger partial charge is 0.223 e. The predicted octanol–water partition coefficient (Wildman–Crippen LogP) is 3.67. The molecule has 0 saturated heterocycles. The lowest BCUT2D eigenvalue weighted by Gasteiger charge is -2.25. The first-order valence-electron chi connectivity index (χ1n) is 8.18. The maximum Gasteiger partial charge on any atom is 0.223 e. The van der Waals surface area contributed by atoms with Crippen molar-refractivity contribution in [1.29, 1.82) is 0 Å². The van der Waals surface area contributed by atoms with Crippen LogP contribution in [-0.4, -0.2) is 16.9 Å². The molecule has 2 aromatic rings. The fraction of sp³-hybridized carbons (Fsp3) is 0.444. The summed E-state index contributed by atoms with van der Waals surface area (Å²) in [5, 5.41) is 4.08. The van der Waals surface area contributed by atoms with E-state index in [1.165, 1.54) is 0 Å². The van der Waals surface area contributed by atoms with E-state index in [4.69, 9.17) is 5.73 Å². The van der Waals surface area contributed by atoms with Crippen LogP contribution in [0.3, 0.4) is 0 Å². The van der Waals surface area contributed by atoms with E-state index in [2.05, 4.69) is 22.4 Å². The number of thiazole rings is 1. The van der Waals surface area contributed by atoms with Gasteiger partial charge in [-0.1, -0.05) is 36.8 Å². The lowest BCUT2D eigenvalue weighted by atomic mass is 9.85. The van der Waals surface area contributed by atoms with E-state index in [0.717, 1.165) is 46.8 Å². The number of aryl methyl sites for hydroxylation is 1. The zero-order valence-corrected chi connectivity index (χ0v) is 15.5. The van der Waals surface area contributed by atoms with Crippen LogP contribution in [0.5, 0.6) is 0 Å². The molecule has 6 heteroatoms. The van der Waals surface area contributed by atoms with Gasteiger partial charge in [0.1, 0.15) is 5.01 Å². The van der Waals surface area contributed by atoms with Crippen molar-refractivity contribution in [3.8, 4) is 10.6 Å². The van der Waals surface area contributed by atoms with Gasteiger partial charge in [-0.3, -0.25) is 4.79 Å². The molecule has 1 aromatic heterocycles. The second-order valence-corrected chi connectivity index (χ2v) is 7.32. The molecule has 1 aromatic carbocycles. The molecule has 3 rings (SSSR count). The first-order valence-corrected chi connectivity index (χ1v) is 9.00. The minimum atomic E-state index is 0. The lowest BCUT2D eigenvalue weighted by molar-refractivity contribution is -0.126. The number of carbonyl (C=O) groups excluding carboxylic acids is 1. The average Bonchev–Trinajstić information content (AvgIpc) is 2.94. The maximum atomic E-state index is 12.3. The highest BCUT2D eigenvalue weighted by molar-refractivity contribution is 7.15. The van der Waals surface area contributed by atoms with Gasteiger partial charge in [-0.2, -0.15) is 0 Å². The number of nitrogens with one attached hydrogen (secondary N) is 1. The van der Waals surface area contributed by atoms with Crippen LogP contribution in [-0.2, 0) is 11.3 Å². The standard InChI is InChI=1S/C18H23N3OS.ClH/c1-12-16(23-18(21-12)13-6-3-2-4-7-13)11-20-17(22)14-8-5-9-15(19)10-14;/h2-4,6-7,14-15H,5,8-11,19H2,1H3,(H,20,22);1H. The molecule has 1 heterocycles. The van der Waals surface area contributed by atoms with Gasteiger partial charge < -0.3 is 11.1 Å². The third-order valence-electron chi connectivity index (χ3n) is 4.42. The highest BCUT2D eigenvalue weighted by Gasteiger charge is 2.25. The van der Waals surface area contributed by atoms with Crippen LogP contribution < -0.4 is 11.1 Å². The number of aromatic nitrogens is 1. The van der Waals surface area contributed by atoms with Gasteiger partial charge in [-0.05, 0) is 26.2 Å². The van der Waals surface area contributed by atoms with Gasteiger partial charge in [0.15, 0.2) is 0 Å². The number of rotatable bonds is 4. The first-order chi connectivity index (χ1) is 11.1. The molecule has 1 aliphatic carbocycles. The Balaban J connectivity index is 0.00000208. The van der Waals surface area contributed by atoms with E-state index >= 15 is 0 Å². The number of benzene rings is 1. The SMILES string of the molecule is Cc1nc(-c2ccccc2)sc1CNC(=O)C1CCCC(N)C1.Cl. The van der Waals surface area contributed by atoms with Gasteiger partial charge >= 0.3 is 0 Å². The molecule has 24 heavy (non-hydrogen) atoms. The topological polar surface area (TPSA) is 68.0 Å². The van der Waals surface area contributed by atoms with Gasteiger partial charge in [0.05, 0.1) is 12.2 Å². The molecular formula is C18H24ClN3OS. The highest BCUT2D eigenvalue weighted by Crippen LogP contribution is 2.28. The predicted molar refractivity (Wildman–Crippen MR) is 101 cm³/mol. The Kier molecular flexibility index (Phi) is 6.78. The lowest BCUT2D eigenvalue weighted by Crippen LogP contribution is -2.37. The van der Waals surface area contributed by atoms with E-state index in [1.54, 1.807) is 11.3 Å². The van der Waals surface area contributed by atoms with E-state index < -0.39 is 0 Å². The second-order valence-electron chi connectivity index (χ2n) is 6.24. The van der Waals surface area contributed by atoms with Crippen LogP contribution in [0.15, 0.2) is 30.3 Å². The molecule has 130 valence electrons. The van der Waals surface area contributed by atoms with Crippen LogP contribution in [0.4, 0.5) is 0 Å². The summed E-state index contributed by atoms with van der Waals surface area (Å²) in [5.74, 6) is 0.204. The highest BCUT2D eigenvalue weighted by atomic mass is 35.5. The van der Waals surface area contributed by atoms with Gasteiger partial charge in [0.2, 0.25) is 5.91 Å². The third-order valence-corrected chi connectivity index (χ3v) is 5.63. The summed E-state index contributed by atoms with van der Waals surface area (Å²) in [6, 6.07) is 10.3. The Morgan fingerprint density at radius 1 is 1.33 bits per heavy atom. The van der Waals surface area contributed by atoms with Gasteiger partial charge in [-0.25, -0.2) is 4.98 Å². The van der Waals surface area contributed by atoms with Crippen molar-refractivity contribution in [1.82, 2.24) is 10.3 Å². The molecular weight excluding hydrogens is 342 g/mol. The summed E-state index contributed by atoms with van der Waals surface area (Å²) >= 11 is 1.65. The number of hydrogen-bond donors (Lipinski definition) is 2. The van der Waals surface area contributed by atoms with Crippen molar-refractivity contribution in [2.45, 2.75) is 45.2 Å². The Hall–Kier alpha value is -1.43. The Morgan fingerprint density at radius 3 is 2.79 bits per heavy atom. The van der Waals surface area contributed by atoms with Gasteiger partial charge in [-0.15, -0.1) is 23.7 Å². The summed E-state index contributed by atoms with van der Waals surface area (Å²) in [5.41, 5.74) is 8.09. The summed E-state index contributed by atoms with van der Waals surface area (Å²) in [6.07, 6.45) is 3.86. The van der Waals surface area contributed by atoms with Crippen LogP contribution in [0.2, 0.25) is 0 Å². The number of halogens is 1. The molecule has 0 spiro atoms. The maximum absolute atomic E-state index is 12.3. The summed E-state index contributed by atoms with van der Waals surface area (Å²) in [6.45, 7) is 2.56. The molecule has 0 radical (unpaired) electrons. The number of hydrogen-bond acceptors (Lipinski definition) is 4. The number of nitrogens with zero attached hydrogens (tertiary/aromatic N) is 1. The van der Waals surface area contributed by atoms with Crippen molar-refractivity contribution in [3.63, 3.8) is 0 Å². The second kappa shape index (κ2) is 8.60. The average molecular weight is 366 g/mol. The molecule has 1 amide bonds. The van der Waals surface area contributed by atoms with Gasteiger partial charge in [0.25, 0.3) is 0 Å². The zero-order chi connectivity index (χ0) is 16.2. The first kappa shape index (κ1) is 18.9. The molecule has 1 aliphatic rings. The normalized spacial score (nSPS) is 20.2. The largest absolute Gasteiger partial charge is 0.351 e. The Labute approximate surface area is 153 Å². The Bertz CT molecular complexity index is 674. The molecule has 1 fully saturated rings. The fourth-order valence-electron chi connectivity index (χ4n) is 3.07. The third kappa shape index (κ3) is 4.56. The molecule has 3 N–H and O–H groups in total. The minimum absolute atomic E-state index is 0. The van der Waals surface area contributed by atoms with Crippen molar-refractivity contribution >= 4 is 29.7 Å². The quantitative estimate of drug-likeness (QED) is 0.868. The summed E-state index contributed by atoms with van der Waals surface area (Å²) < 4.78 is 0. The van der Waals surface area contributed by atoms with E-state index in [-0.39, 0.29) is 30.3 Å². The van der Waals surface area contributed by atoms with E-state index in [9.17, 15) is 4.79 Å². The molecule has 1 saturated carbocycles. The van der Waals surface area contributed by atoms with Crippen molar-refractivity contribution < 1.29 is 4.79 Å². The number of carbonyl (C=O) groups is 1.